The fraction of sp³-hybridized carbons (Fsp3) is 0.778. The lowest BCUT2D eigenvalue weighted by Gasteiger charge is -2.30. The van der Waals surface area contributed by atoms with E-state index in [9.17, 15) is 57.9 Å². The molecule has 0 radical (unpaired) electrons. The smallest absolute Gasteiger partial charge is 0.386 e. The number of nitrogens with zero attached hydrogens (tertiary/aromatic N) is 4. The van der Waals surface area contributed by atoms with Crippen molar-refractivity contribution < 1.29 is 80.5 Å². The van der Waals surface area contributed by atoms with Gasteiger partial charge < -0.3 is 50.9 Å². The summed E-state index contributed by atoms with van der Waals surface area (Å²) in [5, 5.41) is 26.6. The number of phosphoric acid groups is 3. The molecule has 366 valence electrons. The number of nitrogen functional groups attached to an aromatic ring is 1. The first-order valence-electron chi connectivity index (χ1n) is 21.0. The Balaban J connectivity index is 1.36. The zero-order valence-corrected chi connectivity index (χ0v) is 39.9. The molecule has 10 N–H and O–H groups in total. The van der Waals surface area contributed by atoms with Crippen molar-refractivity contribution in [3.05, 3.63) is 12.7 Å². The van der Waals surface area contributed by atoms with Crippen LogP contribution in [0.1, 0.15) is 111 Å². The Bertz CT molecular complexity index is 1960. The Labute approximate surface area is 376 Å². The summed E-state index contributed by atoms with van der Waals surface area (Å²) in [5.41, 5.74) is 4.28. The van der Waals surface area contributed by atoms with Gasteiger partial charge in [0, 0.05) is 37.1 Å². The van der Waals surface area contributed by atoms with E-state index in [1.165, 1.54) is 65.2 Å². The summed E-state index contributed by atoms with van der Waals surface area (Å²) < 4.78 is 62.4. The third-order valence-corrected chi connectivity index (χ3v) is 14.2. The number of aliphatic hydroxyl groups excluding tert-OH is 2. The molecular weight excluding hydrogens is 927 g/mol. The minimum Gasteiger partial charge on any atom is -0.386 e. The number of imidazole rings is 1. The van der Waals surface area contributed by atoms with Gasteiger partial charge in [-0.3, -0.25) is 32.5 Å². The highest BCUT2D eigenvalue weighted by Crippen LogP contribution is 2.61. The number of nitrogens with two attached hydrogens (primary N) is 1. The highest BCUT2D eigenvalue weighted by atomic mass is 32.2. The number of aliphatic hydroxyl groups is 2. The monoisotopic (exact) mass is 991 g/mol. The summed E-state index contributed by atoms with van der Waals surface area (Å²) in [7, 11) is -16.4. The number of aromatic nitrogens is 4. The first kappa shape index (κ1) is 55.9. The van der Waals surface area contributed by atoms with E-state index in [0.29, 0.717) is 18.1 Å². The number of rotatable bonds is 31. The molecule has 8 atom stereocenters. The fourth-order valence-corrected chi connectivity index (χ4v) is 10.0. The molecule has 1 saturated heterocycles. The molecule has 0 aliphatic carbocycles. The van der Waals surface area contributed by atoms with Crippen molar-refractivity contribution in [2.75, 3.05) is 37.8 Å². The zero-order valence-electron chi connectivity index (χ0n) is 36.4. The van der Waals surface area contributed by atoms with E-state index in [-0.39, 0.29) is 41.6 Å². The van der Waals surface area contributed by atoms with Crippen molar-refractivity contribution in [1.82, 2.24) is 30.2 Å². The molecule has 1 fully saturated rings. The number of phosphoric ester groups is 3. The van der Waals surface area contributed by atoms with Gasteiger partial charge in [-0.2, -0.15) is 4.31 Å². The third kappa shape index (κ3) is 19.4. The predicted octanol–water partition coefficient (Wildman–Crippen LogP) is 3.61. The third-order valence-electron chi connectivity index (χ3n) is 10.2. The molecule has 2 aromatic rings. The van der Waals surface area contributed by atoms with Gasteiger partial charge in [-0.1, -0.05) is 97.2 Å². The van der Waals surface area contributed by atoms with Crippen molar-refractivity contribution in [1.29, 1.82) is 0 Å². The van der Waals surface area contributed by atoms with E-state index in [0.717, 1.165) is 41.8 Å². The van der Waals surface area contributed by atoms with Crippen LogP contribution in [0, 0.1) is 11.3 Å². The number of thioether (sulfide) groups is 1. The summed E-state index contributed by atoms with van der Waals surface area (Å²) in [6.07, 6.45) is 5.64. The largest absolute Gasteiger partial charge is 0.481 e. The van der Waals surface area contributed by atoms with Gasteiger partial charge in [-0.05, 0) is 12.3 Å². The van der Waals surface area contributed by atoms with Crippen LogP contribution in [0.4, 0.5) is 5.82 Å². The van der Waals surface area contributed by atoms with Crippen LogP contribution < -0.4 is 16.4 Å². The molecule has 3 heterocycles. The fourth-order valence-electron chi connectivity index (χ4n) is 6.50. The number of nitrogens with one attached hydrogen (secondary N) is 2. The van der Waals surface area contributed by atoms with Crippen LogP contribution in [0.25, 0.3) is 11.2 Å². The second-order valence-electron chi connectivity index (χ2n) is 16.2. The van der Waals surface area contributed by atoms with E-state index >= 15 is 0 Å². The maximum absolute atomic E-state index is 12.7. The molecule has 1 aliphatic heterocycles. The number of fused-ring (bicyclic) bond motifs is 1. The van der Waals surface area contributed by atoms with Crippen LogP contribution >= 0.6 is 35.2 Å². The molecule has 8 unspecified atom stereocenters. The van der Waals surface area contributed by atoms with Crippen LogP contribution in [0.2, 0.25) is 0 Å². The highest BCUT2D eigenvalue weighted by Gasteiger charge is 2.50. The SMILES string of the molecule is CCCCCCCCCCC(C)CCC(=O)SCCNC(=O)CCNC(=O)C(O)C(C)(C)COP(=O)(O)OP(=O)(O)OCC1OC(n2cnc3c(N)ncnc32)C(O)C1OP(=O)(O)O. The predicted molar refractivity (Wildman–Crippen MR) is 233 cm³/mol. The normalized spacial score (nSPS) is 21.0. The quantitative estimate of drug-likeness (QED) is 0.0385. The summed E-state index contributed by atoms with van der Waals surface area (Å²) in [6, 6.07) is 0. The van der Waals surface area contributed by atoms with Crippen LogP contribution in [-0.2, 0) is 50.7 Å². The van der Waals surface area contributed by atoms with Crippen LogP contribution in [0.3, 0.4) is 0 Å². The Morgan fingerprint density at radius 2 is 1.59 bits per heavy atom. The van der Waals surface area contributed by atoms with E-state index < -0.39 is 84.6 Å². The van der Waals surface area contributed by atoms with Gasteiger partial charge in [0.2, 0.25) is 11.8 Å². The lowest BCUT2D eigenvalue weighted by molar-refractivity contribution is -0.137. The number of anilines is 1. The van der Waals surface area contributed by atoms with Gasteiger partial charge in [0.05, 0.1) is 19.5 Å². The first-order chi connectivity index (χ1) is 29.9. The number of ether oxygens (including phenoxy) is 1. The molecule has 3 rings (SSSR count). The maximum atomic E-state index is 12.7. The van der Waals surface area contributed by atoms with Crippen molar-refractivity contribution in [2.45, 2.75) is 135 Å². The van der Waals surface area contributed by atoms with Gasteiger partial charge >= 0.3 is 23.5 Å². The molecule has 0 aromatic carbocycles. The number of amides is 2. The van der Waals surface area contributed by atoms with Gasteiger partial charge in [-0.15, -0.1) is 0 Å². The molecule has 0 spiro atoms. The Hall–Kier alpha value is -2.44. The molecule has 2 amide bonds. The number of carbonyl (C=O) groups excluding carboxylic acids is 3. The van der Waals surface area contributed by atoms with E-state index in [1.54, 1.807) is 0 Å². The molecule has 28 heteroatoms. The van der Waals surface area contributed by atoms with Gasteiger partial charge in [0.1, 0.15) is 36.3 Å². The summed E-state index contributed by atoms with van der Waals surface area (Å²) in [4.78, 5) is 88.4. The van der Waals surface area contributed by atoms with Gasteiger partial charge in [-0.25, -0.2) is 28.6 Å². The zero-order chi connectivity index (χ0) is 47.7. The summed E-state index contributed by atoms with van der Waals surface area (Å²) in [6.45, 7) is 4.95. The Kier molecular flexibility index (Phi) is 22.9. The van der Waals surface area contributed by atoms with Crippen molar-refractivity contribution >= 4 is 69.1 Å². The van der Waals surface area contributed by atoms with Crippen LogP contribution in [0.5, 0.6) is 0 Å². The number of hydrogen-bond acceptors (Lipinski definition) is 18. The van der Waals surface area contributed by atoms with Gasteiger partial charge in [0.15, 0.2) is 22.8 Å². The average molecular weight is 992 g/mol. The number of carbonyl (C=O) groups is 3. The number of hydrogen-bond donors (Lipinski definition) is 9. The van der Waals surface area contributed by atoms with E-state index in [1.807, 2.05) is 0 Å². The lowest BCUT2D eigenvalue weighted by atomic mass is 9.87. The summed E-state index contributed by atoms with van der Waals surface area (Å²) >= 11 is 1.15. The lowest BCUT2D eigenvalue weighted by Crippen LogP contribution is -2.46. The second kappa shape index (κ2) is 26.2. The topological polar surface area (TPSA) is 364 Å². The summed E-state index contributed by atoms with van der Waals surface area (Å²) in [5.74, 6) is -0.556. The first-order valence-corrected chi connectivity index (χ1v) is 26.5. The highest BCUT2D eigenvalue weighted by molar-refractivity contribution is 8.13. The van der Waals surface area contributed by atoms with E-state index in [2.05, 4.69) is 48.3 Å². The van der Waals surface area contributed by atoms with E-state index in [4.69, 9.17) is 19.5 Å². The molecular formula is C36H64N7O17P3S. The van der Waals surface area contributed by atoms with Crippen molar-refractivity contribution in [3.63, 3.8) is 0 Å². The minimum absolute atomic E-state index is 0.0333. The Morgan fingerprint density at radius 1 is 0.938 bits per heavy atom. The van der Waals surface area contributed by atoms with Crippen LogP contribution in [-0.4, -0.2) is 123 Å². The molecule has 1 aliphatic rings. The molecule has 0 bridgehead atoms. The van der Waals surface area contributed by atoms with Crippen LogP contribution in [0.15, 0.2) is 12.7 Å². The molecule has 64 heavy (non-hydrogen) atoms. The molecule has 24 nitrogen and oxygen atoms in total. The maximum Gasteiger partial charge on any atom is 0.481 e. The second-order valence-corrected chi connectivity index (χ2v) is 21.6. The molecule has 0 saturated carbocycles. The van der Waals surface area contributed by atoms with Gasteiger partial charge in [0.25, 0.3) is 0 Å². The number of unbranched alkanes of at least 4 members (excludes halogenated alkanes) is 7. The standard InChI is InChI=1S/C36H64N7O17P3S/c1-5-6-7-8-9-10-11-12-13-24(2)14-15-27(45)64-19-18-38-26(44)16-17-39-34(48)31(47)36(3,4)21-57-63(54,55)60-62(52,53)56-20-25-30(59-61(49,50)51)29(46)35(58-25)43-23-42-28-32(37)40-22-41-33(28)43/h22-25,29-31,35,46-47H,5-21H2,1-4H3,(H,38,44)(H,39,48)(H,52,53)(H,54,55)(H2,37,40,41)(H2,49,50,51). The minimum atomic E-state index is -5.57. The molecule has 2 aromatic heterocycles. The van der Waals surface area contributed by atoms with Crippen molar-refractivity contribution in [2.24, 2.45) is 11.3 Å². The average Bonchev–Trinajstić information content (AvgIpc) is 3.77. The van der Waals surface area contributed by atoms with Crippen molar-refractivity contribution in [3.8, 4) is 0 Å². The Morgan fingerprint density at radius 3 is 2.27 bits per heavy atom.